The molecular formula is C15H15ClFN3OS. The molecule has 1 saturated heterocycles. The van der Waals surface area contributed by atoms with Gasteiger partial charge in [-0.2, -0.15) is 0 Å². The number of benzene rings is 1. The number of nitrogens with zero attached hydrogens (tertiary/aromatic N) is 3. The maximum Gasteiger partial charge on any atom is 0.224 e. The Bertz CT molecular complexity index is 635. The number of aromatic nitrogens is 2. The van der Waals surface area contributed by atoms with Gasteiger partial charge in [0.25, 0.3) is 0 Å². The Hall–Kier alpha value is -1.37. The molecule has 7 heteroatoms. The van der Waals surface area contributed by atoms with E-state index in [9.17, 15) is 4.39 Å². The van der Waals surface area contributed by atoms with Crippen LogP contribution in [0, 0.1) is 5.82 Å². The van der Waals surface area contributed by atoms with Gasteiger partial charge in [-0.1, -0.05) is 0 Å². The minimum atomic E-state index is -0.232. The maximum atomic E-state index is 12.9. The van der Waals surface area contributed by atoms with Crippen LogP contribution >= 0.6 is 23.4 Å². The first-order valence-corrected chi connectivity index (χ1v) is 8.31. The first-order valence-electron chi connectivity index (χ1n) is 6.95. The zero-order valence-corrected chi connectivity index (χ0v) is 13.4. The second kappa shape index (κ2) is 7.26. The number of anilines is 1. The molecule has 0 unspecified atom stereocenters. The van der Waals surface area contributed by atoms with E-state index in [-0.39, 0.29) is 11.1 Å². The van der Waals surface area contributed by atoms with E-state index >= 15 is 0 Å². The van der Waals surface area contributed by atoms with E-state index in [1.807, 2.05) is 6.07 Å². The maximum absolute atomic E-state index is 12.9. The molecular weight excluding hydrogens is 325 g/mol. The predicted molar refractivity (Wildman–Crippen MR) is 86.0 cm³/mol. The lowest BCUT2D eigenvalue weighted by atomic mass is 10.3. The number of rotatable bonds is 4. The molecule has 0 bridgehead atoms. The van der Waals surface area contributed by atoms with Gasteiger partial charge in [0.1, 0.15) is 11.6 Å². The van der Waals surface area contributed by atoms with Gasteiger partial charge in [0.15, 0.2) is 0 Å². The molecule has 0 amide bonds. The van der Waals surface area contributed by atoms with E-state index in [1.54, 1.807) is 23.9 Å². The van der Waals surface area contributed by atoms with Crippen molar-refractivity contribution in [2.45, 2.75) is 10.6 Å². The molecule has 2 heterocycles. The van der Waals surface area contributed by atoms with Gasteiger partial charge < -0.3 is 9.64 Å². The Morgan fingerprint density at radius 1 is 1.18 bits per heavy atom. The second-order valence-corrected chi connectivity index (χ2v) is 6.22. The quantitative estimate of drug-likeness (QED) is 0.630. The Kier molecular flexibility index (Phi) is 5.12. The summed E-state index contributed by atoms with van der Waals surface area (Å²) >= 11 is 7.62. The number of morpholine rings is 1. The standard InChI is InChI=1S/C15H15ClFN3OS/c16-15-18-12(10-22-13-3-1-11(17)2-4-13)9-14(19-15)20-5-7-21-8-6-20/h1-4,9H,5-8,10H2. The highest BCUT2D eigenvalue weighted by Gasteiger charge is 2.14. The van der Waals surface area contributed by atoms with Crippen LogP contribution in [-0.2, 0) is 10.5 Å². The summed E-state index contributed by atoms with van der Waals surface area (Å²) < 4.78 is 18.2. The summed E-state index contributed by atoms with van der Waals surface area (Å²) in [6, 6.07) is 8.37. The lowest BCUT2D eigenvalue weighted by Gasteiger charge is -2.28. The highest BCUT2D eigenvalue weighted by Crippen LogP contribution is 2.24. The van der Waals surface area contributed by atoms with Crippen molar-refractivity contribution in [3.05, 3.63) is 47.1 Å². The number of hydrogen-bond donors (Lipinski definition) is 0. The molecule has 3 rings (SSSR count). The highest BCUT2D eigenvalue weighted by molar-refractivity contribution is 7.98. The van der Waals surface area contributed by atoms with Crippen molar-refractivity contribution in [3.63, 3.8) is 0 Å². The van der Waals surface area contributed by atoms with E-state index in [0.717, 1.165) is 29.5 Å². The molecule has 22 heavy (non-hydrogen) atoms. The van der Waals surface area contributed by atoms with E-state index in [0.29, 0.717) is 19.0 Å². The third kappa shape index (κ3) is 4.09. The molecule has 0 atom stereocenters. The molecule has 0 N–H and O–H groups in total. The number of ether oxygens (including phenoxy) is 1. The first kappa shape index (κ1) is 15.5. The molecule has 1 aliphatic heterocycles. The van der Waals surface area contributed by atoms with Gasteiger partial charge in [0.2, 0.25) is 5.28 Å². The third-order valence-corrected chi connectivity index (χ3v) is 4.49. The zero-order valence-electron chi connectivity index (χ0n) is 11.8. The number of hydrogen-bond acceptors (Lipinski definition) is 5. The zero-order chi connectivity index (χ0) is 15.4. The summed E-state index contributed by atoms with van der Waals surface area (Å²) in [5.41, 5.74) is 0.857. The summed E-state index contributed by atoms with van der Waals surface area (Å²) in [7, 11) is 0. The highest BCUT2D eigenvalue weighted by atomic mass is 35.5. The average Bonchev–Trinajstić information content (AvgIpc) is 2.55. The van der Waals surface area contributed by atoms with Gasteiger partial charge in [-0.3, -0.25) is 0 Å². The van der Waals surface area contributed by atoms with Crippen LogP contribution < -0.4 is 4.90 Å². The van der Waals surface area contributed by atoms with Crippen LogP contribution in [0.4, 0.5) is 10.2 Å². The molecule has 0 spiro atoms. The first-order chi connectivity index (χ1) is 10.7. The van der Waals surface area contributed by atoms with Crippen molar-refractivity contribution >= 4 is 29.2 Å². The van der Waals surface area contributed by atoms with Crippen LogP contribution in [0.1, 0.15) is 5.69 Å². The van der Waals surface area contributed by atoms with E-state index in [4.69, 9.17) is 16.3 Å². The smallest absolute Gasteiger partial charge is 0.224 e. The number of thioether (sulfide) groups is 1. The van der Waals surface area contributed by atoms with Crippen molar-refractivity contribution < 1.29 is 9.13 Å². The molecule has 0 saturated carbocycles. The monoisotopic (exact) mass is 339 g/mol. The lowest BCUT2D eigenvalue weighted by molar-refractivity contribution is 0.122. The van der Waals surface area contributed by atoms with Crippen LogP contribution in [-0.4, -0.2) is 36.3 Å². The topological polar surface area (TPSA) is 38.2 Å². The van der Waals surface area contributed by atoms with Crippen molar-refractivity contribution in [3.8, 4) is 0 Å². The predicted octanol–water partition coefficient (Wildman–Crippen LogP) is 3.40. The van der Waals surface area contributed by atoms with Crippen LogP contribution in [0.15, 0.2) is 35.2 Å². The number of halogens is 2. The summed E-state index contributed by atoms with van der Waals surface area (Å²) in [6.07, 6.45) is 0. The fourth-order valence-corrected chi connectivity index (χ4v) is 3.15. The average molecular weight is 340 g/mol. The van der Waals surface area contributed by atoms with Crippen LogP contribution in [0.25, 0.3) is 0 Å². The summed E-state index contributed by atoms with van der Waals surface area (Å²) in [4.78, 5) is 11.7. The normalized spacial score (nSPS) is 15.1. The largest absolute Gasteiger partial charge is 0.378 e. The molecule has 0 aliphatic carbocycles. The van der Waals surface area contributed by atoms with Crippen LogP contribution in [0.2, 0.25) is 5.28 Å². The Morgan fingerprint density at radius 3 is 2.64 bits per heavy atom. The van der Waals surface area contributed by atoms with Crippen molar-refractivity contribution in [1.82, 2.24) is 9.97 Å². The molecule has 1 aromatic heterocycles. The Morgan fingerprint density at radius 2 is 1.91 bits per heavy atom. The molecule has 2 aromatic rings. The Labute approximate surface area is 137 Å². The SMILES string of the molecule is Fc1ccc(SCc2cc(N3CCOCC3)nc(Cl)n2)cc1. The third-order valence-electron chi connectivity index (χ3n) is 3.27. The van der Waals surface area contributed by atoms with E-state index < -0.39 is 0 Å². The minimum Gasteiger partial charge on any atom is -0.378 e. The molecule has 0 radical (unpaired) electrons. The lowest BCUT2D eigenvalue weighted by Crippen LogP contribution is -2.36. The molecule has 116 valence electrons. The molecule has 1 aromatic carbocycles. The summed E-state index contributed by atoms with van der Waals surface area (Å²) in [5, 5.41) is 0.249. The summed E-state index contributed by atoms with van der Waals surface area (Å²) in [6.45, 7) is 3.00. The van der Waals surface area contributed by atoms with Gasteiger partial charge >= 0.3 is 0 Å². The minimum absolute atomic E-state index is 0.232. The fraction of sp³-hybridized carbons (Fsp3) is 0.333. The van der Waals surface area contributed by atoms with Crippen molar-refractivity contribution in [2.75, 3.05) is 31.2 Å². The molecule has 4 nitrogen and oxygen atoms in total. The molecule has 1 fully saturated rings. The van der Waals surface area contributed by atoms with Crippen molar-refractivity contribution in [1.29, 1.82) is 0 Å². The Balaban J connectivity index is 1.70. The fourth-order valence-electron chi connectivity index (χ4n) is 2.17. The molecule has 1 aliphatic rings. The van der Waals surface area contributed by atoms with Crippen molar-refractivity contribution in [2.24, 2.45) is 0 Å². The summed E-state index contributed by atoms with van der Waals surface area (Å²) in [5.74, 6) is 1.26. The van der Waals surface area contributed by atoms with Crippen LogP contribution in [0.3, 0.4) is 0 Å². The second-order valence-electron chi connectivity index (χ2n) is 4.83. The van der Waals surface area contributed by atoms with Gasteiger partial charge in [-0.15, -0.1) is 11.8 Å². The van der Waals surface area contributed by atoms with Gasteiger partial charge in [0, 0.05) is 29.8 Å². The van der Waals surface area contributed by atoms with Crippen LogP contribution in [0.5, 0.6) is 0 Å². The van der Waals surface area contributed by atoms with Gasteiger partial charge in [-0.05, 0) is 35.9 Å². The van der Waals surface area contributed by atoms with Gasteiger partial charge in [0.05, 0.1) is 18.9 Å². The van der Waals surface area contributed by atoms with E-state index in [2.05, 4.69) is 14.9 Å². The van der Waals surface area contributed by atoms with E-state index in [1.165, 1.54) is 12.1 Å². The van der Waals surface area contributed by atoms with Gasteiger partial charge in [-0.25, -0.2) is 14.4 Å².